The summed E-state index contributed by atoms with van der Waals surface area (Å²) >= 11 is 3.38. The Morgan fingerprint density at radius 2 is 1.96 bits per heavy atom. The second-order valence-corrected chi connectivity index (χ2v) is 6.00. The highest BCUT2D eigenvalue weighted by atomic mass is 79.9. The Labute approximate surface area is 143 Å². The molecule has 0 aliphatic rings. The molecule has 0 saturated heterocycles. The quantitative estimate of drug-likeness (QED) is 0.743. The van der Waals surface area contributed by atoms with Crippen LogP contribution in [0, 0.1) is 0 Å². The molecule has 6 nitrogen and oxygen atoms in total. The average Bonchev–Trinajstić information content (AvgIpc) is 3.07. The molecule has 0 unspecified atom stereocenters. The average molecular weight is 376 g/mol. The van der Waals surface area contributed by atoms with Crippen LogP contribution in [0.5, 0.6) is 5.75 Å². The number of aromatic nitrogens is 4. The number of benzene rings is 1. The van der Waals surface area contributed by atoms with Crippen LogP contribution < -0.4 is 10.1 Å². The van der Waals surface area contributed by atoms with Crippen LogP contribution >= 0.6 is 15.9 Å². The summed E-state index contributed by atoms with van der Waals surface area (Å²) in [4.78, 5) is 4.47. The minimum absolute atomic E-state index is 0.655. The Hall–Kier alpha value is -2.28. The van der Waals surface area contributed by atoms with Gasteiger partial charge in [-0.3, -0.25) is 4.68 Å². The monoisotopic (exact) mass is 375 g/mol. The third kappa shape index (κ3) is 3.24. The van der Waals surface area contributed by atoms with Gasteiger partial charge in [-0.1, -0.05) is 0 Å². The van der Waals surface area contributed by atoms with E-state index in [0.29, 0.717) is 6.54 Å². The van der Waals surface area contributed by atoms with Crippen molar-refractivity contribution in [2.24, 2.45) is 14.1 Å². The Balaban J connectivity index is 1.77. The lowest BCUT2D eigenvalue weighted by atomic mass is 10.1. The van der Waals surface area contributed by atoms with Gasteiger partial charge < -0.3 is 14.6 Å². The van der Waals surface area contributed by atoms with Crippen molar-refractivity contribution in [3.05, 3.63) is 46.8 Å². The van der Waals surface area contributed by atoms with E-state index in [4.69, 9.17) is 4.74 Å². The molecule has 0 radical (unpaired) electrons. The number of nitrogens with one attached hydrogen (secondary N) is 1. The Kier molecular flexibility index (Phi) is 4.38. The van der Waals surface area contributed by atoms with Gasteiger partial charge in [0.25, 0.3) is 0 Å². The topological polar surface area (TPSA) is 56.9 Å². The largest absolute Gasteiger partial charge is 0.497 e. The number of aryl methyl sites for hydroxylation is 1. The van der Waals surface area contributed by atoms with Gasteiger partial charge in [0, 0.05) is 19.7 Å². The zero-order valence-corrected chi connectivity index (χ0v) is 14.8. The van der Waals surface area contributed by atoms with Gasteiger partial charge in [-0.05, 0) is 46.3 Å². The summed E-state index contributed by atoms with van der Waals surface area (Å²) in [6, 6.07) is 9.93. The predicted molar refractivity (Wildman–Crippen MR) is 93.4 cm³/mol. The molecule has 2 heterocycles. The molecule has 2 aromatic heterocycles. The van der Waals surface area contributed by atoms with Crippen molar-refractivity contribution >= 4 is 21.9 Å². The maximum Gasteiger partial charge on any atom is 0.203 e. The van der Waals surface area contributed by atoms with Crippen LogP contribution in [0.4, 0.5) is 5.95 Å². The van der Waals surface area contributed by atoms with Crippen molar-refractivity contribution in [3.8, 4) is 17.0 Å². The lowest BCUT2D eigenvalue weighted by molar-refractivity contribution is 0.415. The molecule has 0 saturated carbocycles. The summed E-state index contributed by atoms with van der Waals surface area (Å²) in [7, 11) is 5.58. The highest BCUT2D eigenvalue weighted by Gasteiger charge is 2.10. The van der Waals surface area contributed by atoms with Crippen LogP contribution in [-0.4, -0.2) is 26.4 Å². The first-order chi connectivity index (χ1) is 11.1. The van der Waals surface area contributed by atoms with E-state index in [1.807, 2.05) is 59.9 Å². The molecule has 0 bridgehead atoms. The van der Waals surface area contributed by atoms with Crippen molar-refractivity contribution in [3.63, 3.8) is 0 Å². The molecule has 23 heavy (non-hydrogen) atoms. The van der Waals surface area contributed by atoms with Crippen molar-refractivity contribution in [1.29, 1.82) is 0 Å². The molecule has 7 heteroatoms. The summed E-state index contributed by atoms with van der Waals surface area (Å²) < 4.78 is 9.90. The number of imidazole rings is 1. The highest BCUT2D eigenvalue weighted by molar-refractivity contribution is 9.10. The van der Waals surface area contributed by atoms with Crippen molar-refractivity contribution < 1.29 is 4.74 Å². The number of ether oxygens (including phenoxy) is 1. The molecule has 1 aromatic carbocycles. The Morgan fingerprint density at radius 1 is 1.22 bits per heavy atom. The molecule has 0 aliphatic heterocycles. The maximum atomic E-state index is 5.19. The summed E-state index contributed by atoms with van der Waals surface area (Å²) in [5, 5.41) is 7.61. The number of halogens is 1. The number of hydrogen-bond donors (Lipinski definition) is 1. The number of methoxy groups -OCH3 is 1. The van der Waals surface area contributed by atoms with Gasteiger partial charge in [0.1, 0.15) is 10.4 Å². The van der Waals surface area contributed by atoms with Gasteiger partial charge in [-0.2, -0.15) is 5.10 Å². The van der Waals surface area contributed by atoms with Crippen LogP contribution in [-0.2, 0) is 20.6 Å². The molecule has 0 spiro atoms. The number of anilines is 1. The van der Waals surface area contributed by atoms with E-state index in [1.165, 1.54) is 0 Å². The van der Waals surface area contributed by atoms with E-state index in [-0.39, 0.29) is 0 Å². The van der Waals surface area contributed by atoms with Crippen molar-refractivity contribution in [2.75, 3.05) is 12.4 Å². The van der Waals surface area contributed by atoms with E-state index >= 15 is 0 Å². The van der Waals surface area contributed by atoms with Crippen LogP contribution in [0.2, 0.25) is 0 Å². The standard InChI is InChI=1S/C16H18BrN5O/c1-21-14(11-4-6-13(23-3)7-5-11)10-19-16(21)18-9-12-8-15(17)20-22(12)2/h4-8,10H,9H2,1-3H3,(H,18,19). The first kappa shape index (κ1) is 15.6. The molecule has 0 fully saturated rings. The number of rotatable bonds is 5. The minimum Gasteiger partial charge on any atom is -0.497 e. The van der Waals surface area contributed by atoms with Gasteiger partial charge in [0.05, 0.1) is 31.2 Å². The van der Waals surface area contributed by atoms with E-state index in [2.05, 4.69) is 31.3 Å². The summed E-state index contributed by atoms with van der Waals surface area (Å²) in [6.45, 7) is 0.655. The molecule has 3 aromatic rings. The van der Waals surface area contributed by atoms with Crippen LogP contribution in [0.15, 0.2) is 41.1 Å². The Bertz CT molecular complexity index is 806. The van der Waals surface area contributed by atoms with Gasteiger partial charge in [-0.15, -0.1) is 0 Å². The smallest absolute Gasteiger partial charge is 0.203 e. The first-order valence-corrected chi connectivity index (χ1v) is 7.96. The minimum atomic E-state index is 0.655. The zero-order chi connectivity index (χ0) is 16.4. The third-order valence-electron chi connectivity index (χ3n) is 3.75. The molecular formula is C16H18BrN5O. The lowest BCUT2D eigenvalue weighted by Gasteiger charge is -2.09. The first-order valence-electron chi connectivity index (χ1n) is 7.17. The highest BCUT2D eigenvalue weighted by Crippen LogP contribution is 2.24. The van der Waals surface area contributed by atoms with Crippen molar-refractivity contribution in [2.45, 2.75) is 6.54 Å². The molecular weight excluding hydrogens is 358 g/mol. The maximum absolute atomic E-state index is 5.19. The van der Waals surface area contributed by atoms with Gasteiger partial charge in [-0.25, -0.2) is 4.98 Å². The predicted octanol–water partition coefficient (Wildman–Crippen LogP) is 3.20. The summed E-state index contributed by atoms with van der Waals surface area (Å²) in [6.07, 6.45) is 1.86. The zero-order valence-electron chi connectivity index (χ0n) is 13.2. The third-order valence-corrected chi connectivity index (χ3v) is 4.14. The second kappa shape index (κ2) is 6.45. The van der Waals surface area contributed by atoms with Crippen LogP contribution in [0.25, 0.3) is 11.3 Å². The van der Waals surface area contributed by atoms with Crippen LogP contribution in [0.1, 0.15) is 5.69 Å². The molecule has 0 aliphatic carbocycles. The van der Waals surface area contributed by atoms with E-state index in [9.17, 15) is 0 Å². The SMILES string of the molecule is COc1ccc(-c2cnc(NCc3cc(Br)nn3C)n2C)cc1. The fourth-order valence-electron chi connectivity index (χ4n) is 2.41. The van der Waals surface area contributed by atoms with Gasteiger partial charge in [0.2, 0.25) is 5.95 Å². The molecule has 3 rings (SSSR count). The summed E-state index contributed by atoms with van der Waals surface area (Å²) in [5.74, 6) is 1.66. The van der Waals surface area contributed by atoms with Gasteiger partial charge in [0.15, 0.2) is 0 Å². The van der Waals surface area contributed by atoms with Crippen molar-refractivity contribution in [1.82, 2.24) is 19.3 Å². The number of nitrogens with zero attached hydrogens (tertiary/aromatic N) is 4. The lowest BCUT2D eigenvalue weighted by Crippen LogP contribution is -2.09. The normalized spacial score (nSPS) is 10.8. The Morgan fingerprint density at radius 3 is 2.57 bits per heavy atom. The molecule has 1 N–H and O–H groups in total. The van der Waals surface area contributed by atoms with E-state index in [1.54, 1.807) is 7.11 Å². The van der Waals surface area contributed by atoms with Crippen LogP contribution in [0.3, 0.4) is 0 Å². The van der Waals surface area contributed by atoms with Gasteiger partial charge >= 0.3 is 0 Å². The van der Waals surface area contributed by atoms with E-state index < -0.39 is 0 Å². The number of hydrogen-bond acceptors (Lipinski definition) is 4. The second-order valence-electron chi connectivity index (χ2n) is 5.19. The van der Waals surface area contributed by atoms with E-state index in [0.717, 1.165) is 33.3 Å². The summed E-state index contributed by atoms with van der Waals surface area (Å²) in [5.41, 5.74) is 3.21. The molecule has 0 amide bonds. The fraction of sp³-hybridized carbons (Fsp3) is 0.250. The molecule has 0 atom stereocenters. The fourth-order valence-corrected chi connectivity index (χ4v) is 2.91. The molecule has 120 valence electrons.